The van der Waals surface area contributed by atoms with E-state index in [9.17, 15) is 19.7 Å². The third-order valence-corrected chi connectivity index (χ3v) is 4.32. The highest BCUT2D eigenvalue weighted by Gasteiger charge is 2.24. The zero-order chi connectivity index (χ0) is 18.4. The summed E-state index contributed by atoms with van der Waals surface area (Å²) in [5.41, 5.74) is 5.36. The molecule has 0 radical (unpaired) electrons. The minimum atomic E-state index is -1.01. The van der Waals surface area contributed by atoms with Gasteiger partial charge in [0.15, 0.2) is 6.10 Å². The van der Waals surface area contributed by atoms with E-state index in [0.717, 1.165) is 31.7 Å². The van der Waals surface area contributed by atoms with Crippen molar-refractivity contribution in [2.45, 2.75) is 57.6 Å². The molecule has 1 aromatic rings. The van der Waals surface area contributed by atoms with Gasteiger partial charge in [-0.15, -0.1) is 0 Å². The van der Waals surface area contributed by atoms with Gasteiger partial charge in [-0.2, -0.15) is 0 Å². The fourth-order valence-corrected chi connectivity index (χ4v) is 2.85. The summed E-state index contributed by atoms with van der Waals surface area (Å²) in [7, 11) is 0. The zero-order valence-corrected chi connectivity index (χ0v) is 14.2. The van der Waals surface area contributed by atoms with Gasteiger partial charge in [0, 0.05) is 23.9 Å². The van der Waals surface area contributed by atoms with E-state index < -0.39 is 17.0 Å². The lowest BCUT2D eigenvalue weighted by molar-refractivity contribution is -0.384. The lowest BCUT2D eigenvalue weighted by Crippen LogP contribution is -2.41. The Bertz CT molecular complexity index is 654. The first-order valence-electron chi connectivity index (χ1n) is 8.43. The van der Waals surface area contributed by atoms with Gasteiger partial charge in [-0.25, -0.2) is 4.79 Å². The van der Waals surface area contributed by atoms with Crippen LogP contribution in [0.2, 0.25) is 0 Å². The molecule has 3 N–H and O–H groups in total. The summed E-state index contributed by atoms with van der Waals surface area (Å²) in [5.74, 6) is -1.23. The van der Waals surface area contributed by atoms with Crippen molar-refractivity contribution < 1.29 is 19.2 Å². The molecule has 0 aliphatic heterocycles. The van der Waals surface area contributed by atoms with Crippen LogP contribution < -0.4 is 11.1 Å². The first-order valence-corrected chi connectivity index (χ1v) is 8.43. The van der Waals surface area contributed by atoms with Crippen LogP contribution >= 0.6 is 0 Å². The van der Waals surface area contributed by atoms with E-state index in [1.165, 1.54) is 31.9 Å². The fourth-order valence-electron chi connectivity index (χ4n) is 2.85. The minimum absolute atomic E-state index is 0.0620. The van der Waals surface area contributed by atoms with E-state index in [2.05, 4.69) is 5.32 Å². The van der Waals surface area contributed by atoms with Crippen LogP contribution in [-0.4, -0.2) is 28.9 Å². The molecule has 0 heterocycles. The number of nitrogens with two attached hydrogens (primary N) is 1. The Morgan fingerprint density at radius 3 is 2.52 bits per heavy atom. The fraction of sp³-hybridized carbons (Fsp3) is 0.529. The molecule has 1 amide bonds. The number of benzene rings is 1. The number of carbonyl (C=O) groups is 2. The van der Waals surface area contributed by atoms with E-state index in [0.29, 0.717) is 0 Å². The van der Waals surface area contributed by atoms with E-state index >= 15 is 0 Å². The summed E-state index contributed by atoms with van der Waals surface area (Å²) >= 11 is 0. The molecule has 1 aromatic carbocycles. The first kappa shape index (κ1) is 18.7. The Labute approximate surface area is 145 Å². The maximum absolute atomic E-state index is 12.2. The average Bonchev–Trinajstić information content (AvgIpc) is 2.83. The molecule has 25 heavy (non-hydrogen) atoms. The zero-order valence-electron chi connectivity index (χ0n) is 14.2. The summed E-state index contributed by atoms with van der Waals surface area (Å²) in [5, 5.41) is 13.7. The van der Waals surface area contributed by atoms with Gasteiger partial charge in [0.2, 0.25) is 0 Å². The molecule has 1 aliphatic rings. The molecule has 0 saturated heterocycles. The SMILES string of the molecule is C[C@H](OC(=O)c1cc([N+](=O)[O-])ccc1N)C(=O)NC1CCCCCC1. The first-order chi connectivity index (χ1) is 11.9. The molecule has 1 aliphatic carbocycles. The van der Waals surface area contributed by atoms with Gasteiger partial charge in [-0.05, 0) is 25.8 Å². The molecule has 1 saturated carbocycles. The number of ether oxygens (including phenoxy) is 1. The number of nitrogens with zero attached hydrogens (tertiary/aromatic N) is 1. The van der Waals surface area contributed by atoms with Crippen molar-refractivity contribution in [3.8, 4) is 0 Å². The number of nitrogen functional groups attached to an aromatic ring is 1. The molecule has 0 unspecified atom stereocenters. The summed E-state index contributed by atoms with van der Waals surface area (Å²) in [6, 6.07) is 3.62. The van der Waals surface area contributed by atoms with Crippen LogP contribution in [0.1, 0.15) is 55.8 Å². The van der Waals surface area contributed by atoms with E-state index in [-0.39, 0.29) is 28.9 Å². The van der Waals surface area contributed by atoms with Gasteiger partial charge in [0.25, 0.3) is 11.6 Å². The van der Waals surface area contributed by atoms with Gasteiger partial charge < -0.3 is 15.8 Å². The quantitative estimate of drug-likeness (QED) is 0.277. The molecular formula is C17H23N3O5. The number of rotatable bonds is 5. The smallest absolute Gasteiger partial charge is 0.341 e. The van der Waals surface area contributed by atoms with Gasteiger partial charge in [-0.3, -0.25) is 14.9 Å². The highest BCUT2D eigenvalue weighted by atomic mass is 16.6. The molecule has 1 fully saturated rings. The van der Waals surface area contributed by atoms with Crippen LogP contribution in [0.25, 0.3) is 0 Å². The lowest BCUT2D eigenvalue weighted by atomic mass is 10.1. The van der Waals surface area contributed by atoms with Crippen molar-refractivity contribution in [2.24, 2.45) is 0 Å². The van der Waals surface area contributed by atoms with E-state index in [1.54, 1.807) is 0 Å². The number of esters is 1. The highest BCUT2D eigenvalue weighted by Crippen LogP contribution is 2.21. The molecule has 8 heteroatoms. The van der Waals surface area contributed by atoms with Crippen LogP contribution in [-0.2, 0) is 9.53 Å². The molecule has 0 aromatic heterocycles. The second kappa shape index (κ2) is 8.46. The summed E-state index contributed by atoms with van der Waals surface area (Å²) in [4.78, 5) is 34.6. The predicted octanol–water partition coefficient (Wildman–Crippen LogP) is 2.56. The topological polar surface area (TPSA) is 125 Å². The van der Waals surface area contributed by atoms with Crippen molar-refractivity contribution in [1.82, 2.24) is 5.32 Å². The van der Waals surface area contributed by atoms with Crippen LogP contribution in [0.3, 0.4) is 0 Å². The monoisotopic (exact) mass is 349 g/mol. The Kier molecular flexibility index (Phi) is 6.32. The van der Waals surface area contributed by atoms with E-state index in [4.69, 9.17) is 10.5 Å². The summed E-state index contributed by atoms with van der Waals surface area (Å²) < 4.78 is 5.13. The summed E-state index contributed by atoms with van der Waals surface area (Å²) in [6.07, 6.45) is 5.32. The van der Waals surface area contributed by atoms with Gasteiger partial charge in [0.05, 0.1) is 10.5 Å². The third kappa shape index (κ3) is 5.17. The van der Waals surface area contributed by atoms with Crippen molar-refractivity contribution >= 4 is 23.3 Å². The maximum Gasteiger partial charge on any atom is 0.341 e. The summed E-state index contributed by atoms with van der Waals surface area (Å²) in [6.45, 7) is 1.47. The number of anilines is 1. The highest BCUT2D eigenvalue weighted by molar-refractivity contribution is 5.97. The van der Waals surface area contributed by atoms with Crippen LogP contribution in [0, 0.1) is 10.1 Å². The van der Waals surface area contributed by atoms with E-state index in [1.807, 2.05) is 0 Å². The molecule has 1 atom stereocenters. The number of nitro benzene ring substituents is 1. The number of non-ortho nitro benzene ring substituents is 1. The third-order valence-electron chi connectivity index (χ3n) is 4.32. The van der Waals surface area contributed by atoms with Gasteiger partial charge in [0.1, 0.15) is 0 Å². The number of nitrogens with one attached hydrogen (secondary N) is 1. The van der Waals surface area contributed by atoms with Crippen molar-refractivity contribution in [2.75, 3.05) is 5.73 Å². The second-order valence-corrected chi connectivity index (χ2v) is 6.27. The van der Waals surface area contributed by atoms with Crippen LogP contribution in [0.4, 0.5) is 11.4 Å². The number of amides is 1. The van der Waals surface area contributed by atoms with Crippen molar-refractivity contribution in [3.63, 3.8) is 0 Å². The number of carbonyl (C=O) groups excluding carboxylic acids is 2. The molecule has 8 nitrogen and oxygen atoms in total. The lowest BCUT2D eigenvalue weighted by Gasteiger charge is -2.19. The normalized spacial score (nSPS) is 16.5. The largest absolute Gasteiger partial charge is 0.449 e. The Balaban J connectivity index is 1.98. The number of hydrogen-bond acceptors (Lipinski definition) is 6. The Morgan fingerprint density at radius 2 is 1.92 bits per heavy atom. The Morgan fingerprint density at radius 1 is 1.28 bits per heavy atom. The van der Waals surface area contributed by atoms with Gasteiger partial charge in [-0.1, -0.05) is 25.7 Å². The molecule has 136 valence electrons. The Hall–Kier alpha value is -2.64. The average molecular weight is 349 g/mol. The standard InChI is InChI=1S/C17H23N3O5/c1-11(16(21)19-12-6-4-2-3-5-7-12)25-17(22)14-10-13(20(23)24)8-9-15(14)18/h8-12H,2-7,18H2,1H3,(H,19,21)/t11-/m0/s1. The van der Waals surface area contributed by atoms with Gasteiger partial charge >= 0.3 is 5.97 Å². The number of nitro groups is 1. The number of hydrogen-bond donors (Lipinski definition) is 2. The molecule has 2 rings (SSSR count). The molecule has 0 spiro atoms. The maximum atomic E-state index is 12.2. The van der Waals surface area contributed by atoms with Crippen molar-refractivity contribution in [1.29, 1.82) is 0 Å². The van der Waals surface area contributed by atoms with Crippen molar-refractivity contribution in [3.05, 3.63) is 33.9 Å². The van der Waals surface area contributed by atoms with Crippen LogP contribution in [0.5, 0.6) is 0 Å². The van der Waals surface area contributed by atoms with Crippen LogP contribution in [0.15, 0.2) is 18.2 Å². The molecular weight excluding hydrogens is 326 g/mol. The second-order valence-electron chi connectivity index (χ2n) is 6.27. The molecule has 0 bridgehead atoms. The predicted molar refractivity (Wildman–Crippen MR) is 92.0 cm³/mol. The minimum Gasteiger partial charge on any atom is -0.449 e.